The Morgan fingerprint density at radius 2 is 2.00 bits per heavy atom. The number of nitriles is 1. The second kappa shape index (κ2) is 7.92. The molecule has 0 amide bonds. The van der Waals surface area contributed by atoms with E-state index in [0.29, 0.717) is 12.5 Å². The van der Waals surface area contributed by atoms with Crippen molar-refractivity contribution in [1.82, 2.24) is 0 Å². The van der Waals surface area contributed by atoms with Gasteiger partial charge in [0.25, 0.3) is 0 Å². The lowest BCUT2D eigenvalue weighted by Gasteiger charge is -2.11. The van der Waals surface area contributed by atoms with Crippen LogP contribution < -0.4 is 0 Å². The molecule has 0 aromatic carbocycles. The minimum absolute atomic E-state index is 0.206. The number of rotatable bonds is 6. The van der Waals surface area contributed by atoms with Gasteiger partial charge in [-0.1, -0.05) is 27.2 Å². The van der Waals surface area contributed by atoms with Crippen molar-refractivity contribution in [2.45, 2.75) is 47.0 Å². The summed E-state index contributed by atoms with van der Waals surface area (Å²) < 4.78 is 4.88. The molecule has 0 aliphatic carbocycles. The predicted octanol–water partition coefficient (Wildman–Crippen LogP) is 3.22. The fourth-order valence-electron chi connectivity index (χ4n) is 1.60. The minimum Gasteiger partial charge on any atom is -0.462 e. The van der Waals surface area contributed by atoms with Gasteiger partial charge < -0.3 is 4.74 Å². The molecule has 16 heavy (non-hydrogen) atoms. The van der Waals surface area contributed by atoms with Crippen molar-refractivity contribution in [2.24, 2.45) is 5.92 Å². The molecular weight excluding hydrogens is 202 g/mol. The highest BCUT2D eigenvalue weighted by molar-refractivity contribution is 5.93. The number of nitrogens with zero attached hydrogens (tertiary/aromatic N) is 1. The number of carbonyl (C=O) groups is 1. The van der Waals surface area contributed by atoms with Crippen LogP contribution in [0.1, 0.15) is 47.0 Å². The van der Waals surface area contributed by atoms with Crippen LogP contribution in [0, 0.1) is 17.2 Å². The van der Waals surface area contributed by atoms with Crippen molar-refractivity contribution in [1.29, 1.82) is 5.26 Å². The van der Waals surface area contributed by atoms with Crippen LogP contribution in [0.4, 0.5) is 0 Å². The summed E-state index contributed by atoms with van der Waals surface area (Å²) in [5.74, 6) is -0.0339. The van der Waals surface area contributed by atoms with Crippen LogP contribution >= 0.6 is 0 Å². The highest BCUT2D eigenvalue weighted by Crippen LogP contribution is 2.20. The van der Waals surface area contributed by atoms with Gasteiger partial charge >= 0.3 is 5.97 Å². The third-order valence-electron chi connectivity index (χ3n) is 2.15. The number of ether oxygens (including phenoxy) is 1. The molecule has 0 heterocycles. The van der Waals surface area contributed by atoms with Crippen molar-refractivity contribution < 1.29 is 9.53 Å². The van der Waals surface area contributed by atoms with Crippen molar-refractivity contribution in [3.05, 3.63) is 11.1 Å². The molecule has 0 aliphatic heterocycles. The van der Waals surface area contributed by atoms with E-state index >= 15 is 0 Å². The molecule has 0 aromatic heterocycles. The number of carbonyl (C=O) groups excluding carboxylic acids is 1. The Hall–Kier alpha value is -1.30. The molecule has 0 N–H and O–H groups in total. The smallest absolute Gasteiger partial charge is 0.348 e. The normalized spacial score (nSPS) is 12.0. The summed E-state index contributed by atoms with van der Waals surface area (Å²) in [6.45, 7) is 8.26. The standard InChI is InChI=1S/C13H21NO2/c1-5-7-11(8-10(3)4)12(9-14)13(15)16-6-2/h10H,5-8H2,1-4H3. The molecule has 0 atom stereocenters. The second-order valence-corrected chi connectivity index (χ2v) is 4.16. The molecule has 0 bridgehead atoms. The lowest BCUT2D eigenvalue weighted by molar-refractivity contribution is -0.138. The highest BCUT2D eigenvalue weighted by atomic mass is 16.5. The first-order valence-electron chi connectivity index (χ1n) is 5.85. The van der Waals surface area contributed by atoms with E-state index in [0.717, 1.165) is 24.8 Å². The average molecular weight is 223 g/mol. The van der Waals surface area contributed by atoms with Gasteiger partial charge in [-0.3, -0.25) is 0 Å². The first-order chi connectivity index (χ1) is 7.56. The lowest BCUT2D eigenvalue weighted by atomic mass is 9.95. The molecular formula is C13H21NO2. The fourth-order valence-corrected chi connectivity index (χ4v) is 1.60. The lowest BCUT2D eigenvalue weighted by Crippen LogP contribution is -2.10. The molecule has 0 unspecified atom stereocenters. The molecule has 3 nitrogen and oxygen atoms in total. The van der Waals surface area contributed by atoms with Gasteiger partial charge in [-0.25, -0.2) is 4.79 Å². The van der Waals surface area contributed by atoms with E-state index in [9.17, 15) is 4.79 Å². The summed E-state index contributed by atoms with van der Waals surface area (Å²) in [5, 5.41) is 9.02. The third kappa shape index (κ3) is 4.97. The van der Waals surface area contributed by atoms with E-state index in [1.165, 1.54) is 0 Å². The van der Waals surface area contributed by atoms with Gasteiger partial charge in [0.15, 0.2) is 0 Å². The zero-order chi connectivity index (χ0) is 12.6. The van der Waals surface area contributed by atoms with E-state index in [1.807, 2.05) is 13.0 Å². The van der Waals surface area contributed by atoms with Crippen molar-refractivity contribution in [2.75, 3.05) is 6.61 Å². The summed E-state index contributed by atoms with van der Waals surface area (Å²) >= 11 is 0. The molecule has 3 heteroatoms. The largest absolute Gasteiger partial charge is 0.462 e. The summed E-state index contributed by atoms with van der Waals surface area (Å²) in [6.07, 6.45) is 2.52. The van der Waals surface area contributed by atoms with E-state index in [1.54, 1.807) is 6.92 Å². The number of allylic oxidation sites excluding steroid dienone is 1. The Labute approximate surface area is 98.1 Å². The molecule has 0 spiro atoms. The molecule has 0 radical (unpaired) electrons. The molecule has 0 rings (SSSR count). The monoisotopic (exact) mass is 223 g/mol. The first kappa shape index (κ1) is 14.7. The summed E-state index contributed by atoms with van der Waals surface area (Å²) in [6, 6.07) is 1.98. The summed E-state index contributed by atoms with van der Waals surface area (Å²) in [4.78, 5) is 11.6. The van der Waals surface area contributed by atoms with Gasteiger partial charge in [0.2, 0.25) is 0 Å². The third-order valence-corrected chi connectivity index (χ3v) is 2.15. The van der Waals surface area contributed by atoms with Gasteiger partial charge in [0, 0.05) is 0 Å². The van der Waals surface area contributed by atoms with Crippen molar-refractivity contribution in [3.63, 3.8) is 0 Å². The Balaban J connectivity index is 5.00. The van der Waals surface area contributed by atoms with Crippen LogP contribution in [-0.2, 0) is 9.53 Å². The Bertz CT molecular complexity index is 298. The topological polar surface area (TPSA) is 50.1 Å². The molecule has 0 fully saturated rings. The van der Waals surface area contributed by atoms with Crippen LogP contribution in [0.3, 0.4) is 0 Å². The zero-order valence-electron chi connectivity index (χ0n) is 10.7. The Morgan fingerprint density at radius 3 is 2.38 bits per heavy atom. The van der Waals surface area contributed by atoms with Crippen molar-refractivity contribution >= 4 is 5.97 Å². The maximum atomic E-state index is 11.6. The van der Waals surface area contributed by atoms with E-state index in [-0.39, 0.29) is 5.57 Å². The van der Waals surface area contributed by atoms with E-state index < -0.39 is 5.97 Å². The summed E-state index contributed by atoms with van der Waals surface area (Å²) in [7, 11) is 0. The van der Waals surface area contributed by atoms with Gasteiger partial charge in [-0.05, 0) is 31.3 Å². The average Bonchev–Trinajstić information content (AvgIpc) is 2.18. The quantitative estimate of drug-likeness (QED) is 0.394. The SMILES string of the molecule is CCCC(CC(C)C)=C(C#N)C(=O)OCC. The van der Waals surface area contributed by atoms with Crippen molar-refractivity contribution in [3.8, 4) is 6.07 Å². The Morgan fingerprint density at radius 1 is 1.38 bits per heavy atom. The van der Waals surface area contributed by atoms with E-state index in [2.05, 4.69) is 13.8 Å². The maximum Gasteiger partial charge on any atom is 0.348 e. The molecule has 0 saturated heterocycles. The van der Waals surface area contributed by atoms with Crippen LogP contribution in [-0.4, -0.2) is 12.6 Å². The van der Waals surface area contributed by atoms with Crippen LogP contribution in [0.15, 0.2) is 11.1 Å². The Kier molecular flexibility index (Phi) is 7.28. The van der Waals surface area contributed by atoms with Gasteiger partial charge in [-0.15, -0.1) is 0 Å². The highest BCUT2D eigenvalue weighted by Gasteiger charge is 2.16. The van der Waals surface area contributed by atoms with E-state index in [4.69, 9.17) is 10.00 Å². The van der Waals surface area contributed by atoms with Crippen LogP contribution in [0.25, 0.3) is 0 Å². The zero-order valence-corrected chi connectivity index (χ0v) is 10.7. The van der Waals surface area contributed by atoms with Gasteiger partial charge in [-0.2, -0.15) is 5.26 Å². The van der Waals surface area contributed by atoms with Gasteiger partial charge in [0.1, 0.15) is 11.6 Å². The second-order valence-electron chi connectivity index (χ2n) is 4.16. The minimum atomic E-state index is -0.478. The van der Waals surface area contributed by atoms with Crippen LogP contribution in [0.2, 0.25) is 0 Å². The summed E-state index contributed by atoms with van der Waals surface area (Å²) in [5.41, 5.74) is 1.14. The molecule has 0 saturated carbocycles. The first-order valence-corrected chi connectivity index (χ1v) is 5.85. The maximum absolute atomic E-state index is 11.6. The predicted molar refractivity (Wildman–Crippen MR) is 63.6 cm³/mol. The molecule has 90 valence electrons. The molecule has 0 aliphatic rings. The molecule has 0 aromatic rings. The number of hydrogen-bond acceptors (Lipinski definition) is 3. The van der Waals surface area contributed by atoms with Crippen LogP contribution in [0.5, 0.6) is 0 Å². The number of hydrogen-bond donors (Lipinski definition) is 0. The number of esters is 1. The fraction of sp³-hybridized carbons (Fsp3) is 0.692. The van der Waals surface area contributed by atoms with Gasteiger partial charge in [0.05, 0.1) is 6.61 Å².